The summed E-state index contributed by atoms with van der Waals surface area (Å²) in [4.78, 5) is 26.8. The lowest BCUT2D eigenvalue weighted by molar-refractivity contribution is -0.384. The van der Waals surface area contributed by atoms with Crippen molar-refractivity contribution in [3.8, 4) is 5.75 Å². The number of anilines is 1. The number of benzene rings is 2. The van der Waals surface area contributed by atoms with E-state index in [9.17, 15) is 14.9 Å². The first-order valence-electron chi connectivity index (χ1n) is 8.50. The van der Waals surface area contributed by atoms with Crippen molar-refractivity contribution < 1.29 is 14.5 Å². The Morgan fingerprint density at radius 1 is 1.08 bits per heavy atom. The number of amides is 1. The van der Waals surface area contributed by atoms with Gasteiger partial charge in [0.2, 0.25) is 0 Å². The van der Waals surface area contributed by atoms with Crippen LogP contribution in [0.15, 0.2) is 48.5 Å². The number of ether oxygens (including phenoxy) is 1. The Morgan fingerprint density at radius 2 is 1.73 bits per heavy atom. The summed E-state index contributed by atoms with van der Waals surface area (Å²) in [7, 11) is 0. The molecular weight excluding hydrogens is 334 g/mol. The number of nitro groups is 1. The molecule has 2 aromatic carbocycles. The maximum atomic E-state index is 12.3. The van der Waals surface area contributed by atoms with Crippen LogP contribution in [0.2, 0.25) is 0 Å². The second kappa shape index (κ2) is 7.86. The minimum atomic E-state index is -0.373. The Hall–Kier alpha value is -3.09. The van der Waals surface area contributed by atoms with Crippen LogP contribution in [0.1, 0.15) is 5.56 Å². The van der Waals surface area contributed by atoms with E-state index in [4.69, 9.17) is 4.74 Å². The van der Waals surface area contributed by atoms with Crippen LogP contribution in [0.25, 0.3) is 0 Å². The molecule has 0 atom stereocenters. The molecule has 1 aliphatic rings. The first-order chi connectivity index (χ1) is 12.5. The summed E-state index contributed by atoms with van der Waals surface area (Å²) in [5, 5.41) is 11.2. The molecule has 0 N–H and O–H groups in total. The van der Waals surface area contributed by atoms with Gasteiger partial charge >= 0.3 is 0 Å². The van der Waals surface area contributed by atoms with Gasteiger partial charge in [0, 0.05) is 32.2 Å². The predicted molar refractivity (Wildman–Crippen MR) is 98.6 cm³/mol. The molecule has 1 amide bonds. The molecule has 0 radical (unpaired) electrons. The van der Waals surface area contributed by atoms with Crippen molar-refractivity contribution in [3.63, 3.8) is 0 Å². The van der Waals surface area contributed by atoms with Crippen LogP contribution in [0.5, 0.6) is 5.75 Å². The molecule has 26 heavy (non-hydrogen) atoms. The quantitative estimate of drug-likeness (QED) is 0.609. The fourth-order valence-corrected chi connectivity index (χ4v) is 2.95. The van der Waals surface area contributed by atoms with Crippen LogP contribution >= 0.6 is 0 Å². The van der Waals surface area contributed by atoms with Gasteiger partial charge in [0.15, 0.2) is 6.61 Å². The molecule has 136 valence electrons. The summed E-state index contributed by atoms with van der Waals surface area (Å²) >= 11 is 0. The molecule has 7 nitrogen and oxygen atoms in total. The van der Waals surface area contributed by atoms with Crippen molar-refractivity contribution in [2.45, 2.75) is 6.92 Å². The number of hydrogen-bond donors (Lipinski definition) is 0. The van der Waals surface area contributed by atoms with Crippen LogP contribution in [-0.2, 0) is 4.79 Å². The SMILES string of the molecule is Cc1ccc(OCC(=O)N2CCN(c3ccccc3[N+](=O)[O-])CC2)cc1. The van der Waals surface area contributed by atoms with Crippen LogP contribution < -0.4 is 9.64 Å². The van der Waals surface area contributed by atoms with Crippen molar-refractivity contribution >= 4 is 17.3 Å². The van der Waals surface area contributed by atoms with E-state index in [0.717, 1.165) is 5.56 Å². The zero-order chi connectivity index (χ0) is 18.5. The van der Waals surface area contributed by atoms with Gasteiger partial charge < -0.3 is 14.5 Å². The first-order valence-corrected chi connectivity index (χ1v) is 8.50. The van der Waals surface area contributed by atoms with E-state index in [1.807, 2.05) is 36.1 Å². The Morgan fingerprint density at radius 3 is 2.38 bits per heavy atom. The lowest BCUT2D eigenvalue weighted by Crippen LogP contribution is -2.50. The topological polar surface area (TPSA) is 75.9 Å². The standard InChI is InChI=1S/C19H21N3O4/c1-15-6-8-16(9-7-15)26-14-19(23)21-12-10-20(11-13-21)17-4-2-3-5-18(17)22(24)25/h2-9H,10-14H2,1H3. The van der Waals surface area contributed by atoms with Crippen molar-refractivity contribution in [1.29, 1.82) is 0 Å². The number of para-hydroxylation sites is 2. The Kier molecular flexibility index (Phi) is 5.36. The van der Waals surface area contributed by atoms with Gasteiger partial charge in [0.05, 0.1) is 4.92 Å². The normalized spacial score (nSPS) is 14.2. The Labute approximate surface area is 151 Å². The number of carbonyl (C=O) groups excluding carboxylic acids is 1. The van der Waals surface area contributed by atoms with E-state index in [2.05, 4.69) is 0 Å². The summed E-state index contributed by atoms with van der Waals surface area (Å²) in [6.45, 7) is 4.13. The van der Waals surface area contributed by atoms with Crippen molar-refractivity contribution in [2.24, 2.45) is 0 Å². The highest BCUT2D eigenvalue weighted by atomic mass is 16.6. The summed E-state index contributed by atoms with van der Waals surface area (Å²) in [6, 6.07) is 14.2. The van der Waals surface area contributed by atoms with Gasteiger partial charge in [0.25, 0.3) is 11.6 Å². The van der Waals surface area contributed by atoms with Gasteiger partial charge in [-0.2, -0.15) is 0 Å². The van der Waals surface area contributed by atoms with Crippen LogP contribution in [0, 0.1) is 17.0 Å². The van der Waals surface area contributed by atoms with Crippen LogP contribution in [-0.4, -0.2) is 48.5 Å². The molecule has 1 fully saturated rings. The van der Waals surface area contributed by atoms with Gasteiger partial charge in [-0.1, -0.05) is 29.8 Å². The highest BCUT2D eigenvalue weighted by Crippen LogP contribution is 2.28. The van der Waals surface area contributed by atoms with Crippen LogP contribution in [0.3, 0.4) is 0 Å². The van der Waals surface area contributed by atoms with Crippen molar-refractivity contribution in [2.75, 3.05) is 37.7 Å². The fourth-order valence-electron chi connectivity index (χ4n) is 2.95. The fraction of sp³-hybridized carbons (Fsp3) is 0.316. The van der Waals surface area contributed by atoms with Gasteiger partial charge in [-0.15, -0.1) is 0 Å². The summed E-state index contributed by atoms with van der Waals surface area (Å²) in [5.74, 6) is 0.593. The van der Waals surface area contributed by atoms with E-state index >= 15 is 0 Å². The largest absolute Gasteiger partial charge is 0.484 e. The third kappa shape index (κ3) is 4.11. The Balaban J connectivity index is 1.54. The number of nitro benzene ring substituents is 1. The third-order valence-corrected chi connectivity index (χ3v) is 4.43. The summed E-state index contributed by atoms with van der Waals surface area (Å²) in [6.07, 6.45) is 0. The number of aryl methyl sites for hydroxylation is 1. The molecule has 7 heteroatoms. The molecule has 0 unspecified atom stereocenters. The minimum absolute atomic E-state index is 0.00541. The zero-order valence-corrected chi connectivity index (χ0v) is 14.6. The van der Waals surface area contributed by atoms with Crippen LogP contribution in [0.4, 0.5) is 11.4 Å². The van der Waals surface area contributed by atoms with E-state index in [-0.39, 0.29) is 23.1 Å². The lowest BCUT2D eigenvalue weighted by Gasteiger charge is -2.35. The molecule has 2 aromatic rings. The number of piperazine rings is 1. The van der Waals surface area contributed by atoms with E-state index in [1.54, 1.807) is 23.1 Å². The lowest BCUT2D eigenvalue weighted by atomic mass is 10.2. The van der Waals surface area contributed by atoms with E-state index in [0.29, 0.717) is 37.6 Å². The molecule has 0 saturated carbocycles. The minimum Gasteiger partial charge on any atom is -0.484 e. The molecule has 0 aliphatic carbocycles. The van der Waals surface area contributed by atoms with E-state index < -0.39 is 0 Å². The first kappa shape index (κ1) is 17.7. The summed E-state index contributed by atoms with van der Waals surface area (Å²) in [5.41, 5.74) is 1.82. The number of carbonyl (C=O) groups is 1. The second-order valence-corrected chi connectivity index (χ2v) is 6.22. The molecule has 1 aliphatic heterocycles. The highest BCUT2D eigenvalue weighted by molar-refractivity contribution is 5.78. The Bertz CT molecular complexity index is 784. The molecule has 0 aromatic heterocycles. The van der Waals surface area contributed by atoms with Crippen molar-refractivity contribution in [1.82, 2.24) is 4.90 Å². The van der Waals surface area contributed by atoms with Gasteiger partial charge in [-0.05, 0) is 25.1 Å². The smallest absolute Gasteiger partial charge is 0.292 e. The number of nitrogens with zero attached hydrogens (tertiary/aromatic N) is 3. The molecule has 0 spiro atoms. The monoisotopic (exact) mass is 355 g/mol. The summed E-state index contributed by atoms with van der Waals surface area (Å²) < 4.78 is 5.54. The van der Waals surface area contributed by atoms with E-state index in [1.165, 1.54) is 6.07 Å². The van der Waals surface area contributed by atoms with Gasteiger partial charge in [-0.25, -0.2) is 0 Å². The second-order valence-electron chi connectivity index (χ2n) is 6.22. The number of rotatable bonds is 5. The maximum absolute atomic E-state index is 12.3. The zero-order valence-electron chi connectivity index (χ0n) is 14.6. The molecule has 1 heterocycles. The van der Waals surface area contributed by atoms with Gasteiger partial charge in [0.1, 0.15) is 11.4 Å². The molecular formula is C19H21N3O4. The molecule has 0 bridgehead atoms. The third-order valence-electron chi connectivity index (χ3n) is 4.43. The molecule has 1 saturated heterocycles. The average Bonchev–Trinajstić information content (AvgIpc) is 2.67. The van der Waals surface area contributed by atoms with Gasteiger partial charge in [-0.3, -0.25) is 14.9 Å². The maximum Gasteiger partial charge on any atom is 0.292 e. The molecule has 3 rings (SSSR count). The predicted octanol–water partition coefficient (Wildman–Crippen LogP) is 2.63. The van der Waals surface area contributed by atoms with Crippen molar-refractivity contribution in [3.05, 3.63) is 64.2 Å². The number of hydrogen-bond acceptors (Lipinski definition) is 5. The highest BCUT2D eigenvalue weighted by Gasteiger charge is 2.25. The average molecular weight is 355 g/mol.